The minimum atomic E-state index is -0.342. The van der Waals surface area contributed by atoms with Crippen LogP contribution in [0.2, 0.25) is 0 Å². The lowest BCUT2D eigenvalue weighted by atomic mass is 10.1. The van der Waals surface area contributed by atoms with Crippen LogP contribution in [0.4, 0.5) is 5.82 Å². The monoisotopic (exact) mass is 307 g/mol. The fourth-order valence-electron chi connectivity index (χ4n) is 2.68. The van der Waals surface area contributed by atoms with Gasteiger partial charge in [-0.2, -0.15) is 0 Å². The molecule has 22 heavy (non-hydrogen) atoms. The maximum Gasteiger partial charge on any atom is 0.341 e. The van der Waals surface area contributed by atoms with Crippen LogP contribution in [0.5, 0.6) is 0 Å². The van der Waals surface area contributed by atoms with Crippen molar-refractivity contribution >= 4 is 11.8 Å². The molecule has 0 saturated carbocycles. The maximum absolute atomic E-state index is 11.9. The SMILES string of the molecule is CCOC(=O)c1cccnc1NCC(C)N1CCOCC1C. The Hall–Kier alpha value is -1.66. The minimum Gasteiger partial charge on any atom is -0.462 e. The third kappa shape index (κ3) is 4.18. The second-order valence-electron chi connectivity index (χ2n) is 5.51. The maximum atomic E-state index is 11.9. The van der Waals surface area contributed by atoms with Crippen LogP contribution < -0.4 is 5.32 Å². The zero-order chi connectivity index (χ0) is 15.9. The highest BCUT2D eigenvalue weighted by atomic mass is 16.5. The highest BCUT2D eigenvalue weighted by molar-refractivity contribution is 5.94. The molecule has 0 bridgehead atoms. The van der Waals surface area contributed by atoms with Crippen molar-refractivity contribution in [3.8, 4) is 0 Å². The van der Waals surface area contributed by atoms with Crippen molar-refractivity contribution in [1.29, 1.82) is 0 Å². The quantitative estimate of drug-likeness (QED) is 0.808. The van der Waals surface area contributed by atoms with Gasteiger partial charge >= 0.3 is 5.97 Å². The number of anilines is 1. The average Bonchev–Trinajstić information content (AvgIpc) is 2.53. The van der Waals surface area contributed by atoms with Crippen molar-refractivity contribution in [3.05, 3.63) is 23.9 Å². The molecule has 1 aliphatic heterocycles. The predicted octanol–water partition coefficient (Wildman–Crippen LogP) is 1.78. The van der Waals surface area contributed by atoms with Crippen LogP contribution in [0, 0.1) is 0 Å². The van der Waals surface area contributed by atoms with Crippen molar-refractivity contribution in [2.45, 2.75) is 32.9 Å². The summed E-state index contributed by atoms with van der Waals surface area (Å²) in [7, 11) is 0. The summed E-state index contributed by atoms with van der Waals surface area (Å²) in [5.41, 5.74) is 0.478. The standard InChI is InChI=1S/C16H25N3O3/c1-4-22-16(20)14-6-5-7-17-15(14)18-10-12(2)19-8-9-21-11-13(19)3/h5-7,12-13H,4,8-11H2,1-3H3,(H,17,18). The van der Waals surface area contributed by atoms with Crippen LogP contribution >= 0.6 is 0 Å². The number of aromatic nitrogens is 1. The van der Waals surface area contributed by atoms with Crippen LogP contribution in [0.1, 0.15) is 31.1 Å². The van der Waals surface area contributed by atoms with Crippen molar-refractivity contribution < 1.29 is 14.3 Å². The van der Waals surface area contributed by atoms with E-state index in [0.29, 0.717) is 36.6 Å². The minimum absolute atomic E-state index is 0.330. The smallest absolute Gasteiger partial charge is 0.341 e. The number of carbonyl (C=O) groups is 1. The molecule has 0 radical (unpaired) electrons. The Kier molecular flexibility index (Phi) is 6.15. The van der Waals surface area contributed by atoms with Gasteiger partial charge in [-0.15, -0.1) is 0 Å². The van der Waals surface area contributed by atoms with Crippen LogP contribution in [-0.4, -0.2) is 60.8 Å². The number of hydrogen-bond donors (Lipinski definition) is 1. The van der Waals surface area contributed by atoms with Crippen molar-refractivity contribution in [3.63, 3.8) is 0 Å². The van der Waals surface area contributed by atoms with Crippen LogP contribution in [-0.2, 0) is 9.47 Å². The number of rotatable bonds is 6. The molecule has 6 heteroatoms. The summed E-state index contributed by atoms with van der Waals surface area (Å²) in [6, 6.07) is 4.20. The molecular formula is C16H25N3O3. The molecule has 2 rings (SSSR count). The number of morpholine rings is 1. The van der Waals surface area contributed by atoms with E-state index < -0.39 is 0 Å². The topological polar surface area (TPSA) is 63.7 Å². The van der Waals surface area contributed by atoms with Gasteiger partial charge < -0.3 is 14.8 Å². The Morgan fingerprint density at radius 1 is 1.64 bits per heavy atom. The number of pyridine rings is 1. The van der Waals surface area contributed by atoms with Gasteiger partial charge in [-0.1, -0.05) is 0 Å². The van der Waals surface area contributed by atoms with E-state index in [1.165, 1.54) is 0 Å². The first kappa shape index (κ1) is 16.7. The summed E-state index contributed by atoms with van der Waals surface area (Å²) in [5, 5.41) is 3.28. The Balaban J connectivity index is 1.97. The normalized spacial score (nSPS) is 20.4. The highest BCUT2D eigenvalue weighted by Gasteiger charge is 2.24. The number of carbonyl (C=O) groups excluding carboxylic acids is 1. The molecule has 1 aromatic heterocycles. The first-order valence-corrected chi connectivity index (χ1v) is 7.83. The van der Waals surface area contributed by atoms with E-state index in [9.17, 15) is 4.79 Å². The van der Waals surface area contributed by atoms with Gasteiger partial charge in [0.15, 0.2) is 0 Å². The molecule has 2 heterocycles. The van der Waals surface area contributed by atoms with Gasteiger partial charge in [-0.05, 0) is 32.9 Å². The number of esters is 1. The molecular weight excluding hydrogens is 282 g/mol. The largest absolute Gasteiger partial charge is 0.462 e. The Morgan fingerprint density at radius 3 is 3.18 bits per heavy atom. The molecule has 0 aliphatic carbocycles. The average molecular weight is 307 g/mol. The molecule has 6 nitrogen and oxygen atoms in total. The first-order valence-electron chi connectivity index (χ1n) is 7.83. The lowest BCUT2D eigenvalue weighted by Crippen LogP contribution is -2.50. The van der Waals surface area contributed by atoms with Crippen molar-refractivity contribution in [1.82, 2.24) is 9.88 Å². The van der Waals surface area contributed by atoms with Gasteiger partial charge in [0.2, 0.25) is 0 Å². The lowest BCUT2D eigenvalue weighted by molar-refractivity contribution is -0.0159. The van der Waals surface area contributed by atoms with Crippen LogP contribution in [0.15, 0.2) is 18.3 Å². The van der Waals surface area contributed by atoms with Crippen molar-refractivity contribution in [2.75, 3.05) is 38.2 Å². The van der Waals surface area contributed by atoms with Gasteiger partial charge in [0.25, 0.3) is 0 Å². The summed E-state index contributed by atoms with van der Waals surface area (Å²) in [5.74, 6) is 0.235. The van der Waals surface area contributed by atoms with Gasteiger partial charge in [-0.25, -0.2) is 9.78 Å². The number of ether oxygens (including phenoxy) is 2. The van der Waals surface area contributed by atoms with E-state index in [1.807, 2.05) is 0 Å². The second-order valence-corrected chi connectivity index (χ2v) is 5.51. The van der Waals surface area contributed by atoms with Gasteiger partial charge in [0, 0.05) is 31.4 Å². The molecule has 1 N–H and O–H groups in total. The molecule has 0 aromatic carbocycles. The van der Waals surface area contributed by atoms with E-state index in [-0.39, 0.29) is 5.97 Å². The number of nitrogens with one attached hydrogen (secondary N) is 1. The fraction of sp³-hybridized carbons (Fsp3) is 0.625. The molecule has 1 aliphatic rings. The van der Waals surface area contributed by atoms with Gasteiger partial charge in [0.05, 0.1) is 19.8 Å². The molecule has 0 spiro atoms. The number of hydrogen-bond acceptors (Lipinski definition) is 6. The molecule has 2 unspecified atom stereocenters. The molecule has 122 valence electrons. The summed E-state index contributed by atoms with van der Waals surface area (Å²) in [6.45, 7) is 9.67. The van der Waals surface area contributed by atoms with E-state index >= 15 is 0 Å². The lowest BCUT2D eigenvalue weighted by Gasteiger charge is -2.38. The van der Waals surface area contributed by atoms with Gasteiger partial charge in [-0.3, -0.25) is 4.90 Å². The van der Waals surface area contributed by atoms with Crippen molar-refractivity contribution in [2.24, 2.45) is 0 Å². The van der Waals surface area contributed by atoms with Gasteiger partial charge in [0.1, 0.15) is 11.4 Å². The number of nitrogens with zero attached hydrogens (tertiary/aromatic N) is 2. The third-order valence-electron chi connectivity index (χ3n) is 3.85. The first-order chi connectivity index (χ1) is 10.6. The molecule has 2 atom stereocenters. The zero-order valence-electron chi connectivity index (χ0n) is 13.5. The summed E-state index contributed by atoms with van der Waals surface area (Å²) >= 11 is 0. The highest BCUT2D eigenvalue weighted by Crippen LogP contribution is 2.15. The van der Waals surface area contributed by atoms with E-state index in [4.69, 9.17) is 9.47 Å². The molecule has 0 amide bonds. The van der Waals surface area contributed by atoms with E-state index in [1.54, 1.807) is 25.3 Å². The summed E-state index contributed by atoms with van der Waals surface area (Å²) in [4.78, 5) is 18.6. The fourth-order valence-corrected chi connectivity index (χ4v) is 2.68. The predicted molar refractivity (Wildman–Crippen MR) is 85.1 cm³/mol. The van der Waals surface area contributed by atoms with E-state index in [0.717, 1.165) is 19.8 Å². The second kappa shape index (κ2) is 8.10. The Bertz CT molecular complexity index is 495. The third-order valence-corrected chi connectivity index (χ3v) is 3.85. The van der Waals surface area contributed by atoms with Crippen LogP contribution in [0.25, 0.3) is 0 Å². The summed E-state index contributed by atoms with van der Waals surface area (Å²) < 4.78 is 10.5. The molecule has 1 saturated heterocycles. The van der Waals surface area contributed by atoms with Crippen LogP contribution in [0.3, 0.4) is 0 Å². The Morgan fingerprint density at radius 2 is 2.45 bits per heavy atom. The van der Waals surface area contributed by atoms with E-state index in [2.05, 4.69) is 29.0 Å². The molecule has 1 aromatic rings. The zero-order valence-corrected chi connectivity index (χ0v) is 13.5. The molecule has 1 fully saturated rings. The summed E-state index contributed by atoms with van der Waals surface area (Å²) in [6.07, 6.45) is 1.67. The Labute approximate surface area is 131 Å².